The Morgan fingerprint density at radius 1 is 0.960 bits per heavy atom. The van der Waals surface area contributed by atoms with Crippen molar-refractivity contribution in [3.63, 3.8) is 0 Å². The first-order valence-corrected chi connectivity index (χ1v) is 8.14. The van der Waals surface area contributed by atoms with Gasteiger partial charge >= 0.3 is 0 Å². The van der Waals surface area contributed by atoms with Gasteiger partial charge in [0.15, 0.2) is 11.6 Å². The number of rotatable bonds is 3. The summed E-state index contributed by atoms with van der Waals surface area (Å²) in [4.78, 5) is 4.14. The molecule has 0 radical (unpaired) electrons. The molecule has 6 heteroatoms. The third-order valence-corrected chi connectivity index (χ3v) is 4.73. The molecule has 2 aromatic rings. The van der Waals surface area contributed by atoms with Gasteiger partial charge in [0.1, 0.15) is 17.4 Å². The highest BCUT2D eigenvalue weighted by molar-refractivity contribution is 5.60. The third-order valence-electron chi connectivity index (χ3n) is 4.73. The molecule has 0 spiro atoms. The summed E-state index contributed by atoms with van der Waals surface area (Å²) in [7, 11) is 0. The molecule has 1 fully saturated rings. The highest BCUT2D eigenvalue weighted by Crippen LogP contribution is 2.27. The molecule has 0 aromatic heterocycles. The Labute approximate surface area is 144 Å². The van der Waals surface area contributed by atoms with E-state index >= 15 is 0 Å². The Morgan fingerprint density at radius 2 is 1.68 bits per heavy atom. The Kier molecular flexibility index (Phi) is 4.95. The third kappa shape index (κ3) is 3.47. The molecule has 3 nitrogen and oxygen atoms in total. The topological polar surface area (TPSA) is 30.3 Å². The average molecular weight is 345 g/mol. The number of benzene rings is 2. The number of hydrogen-bond acceptors (Lipinski definition) is 3. The van der Waals surface area contributed by atoms with Gasteiger partial charge in [-0.15, -0.1) is 0 Å². The average Bonchev–Trinajstić information content (AvgIpc) is 2.63. The van der Waals surface area contributed by atoms with Crippen molar-refractivity contribution in [1.82, 2.24) is 4.90 Å². The fourth-order valence-corrected chi connectivity index (χ4v) is 3.22. The van der Waals surface area contributed by atoms with Crippen LogP contribution in [0.1, 0.15) is 24.1 Å². The summed E-state index contributed by atoms with van der Waals surface area (Å²) in [5.41, 5.74) is 1.38. The summed E-state index contributed by atoms with van der Waals surface area (Å²) in [6.07, 6.45) is 0. The maximum absolute atomic E-state index is 13.8. The van der Waals surface area contributed by atoms with Crippen LogP contribution in [-0.4, -0.2) is 31.1 Å². The minimum absolute atomic E-state index is 0.0554. The molecule has 0 aliphatic carbocycles. The largest absolute Gasteiger partial charge is 0.368 e. The summed E-state index contributed by atoms with van der Waals surface area (Å²) in [5, 5.41) is 9.17. The van der Waals surface area contributed by atoms with Gasteiger partial charge in [0.2, 0.25) is 0 Å². The van der Waals surface area contributed by atoms with Crippen LogP contribution >= 0.6 is 0 Å². The fourth-order valence-electron chi connectivity index (χ4n) is 3.22. The van der Waals surface area contributed by atoms with Gasteiger partial charge in [-0.3, -0.25) is 4.90 Å². The fraction of sp³-hybridized carbons (Fsp3) is 0.316. The molecule has 25 heavy (non-hydrogen) atoms. The zero-order valence-electron chi connectivity index (χ0n) is 13.8. The van der Waals surface area contributed by atoms with E-state index in [1.54, 1.807) is 18.2 Å². The van der Waals surface area contributed by atoms with Crippen molar-refractivity contribution in [1.29, 1.82) is 5.26 Å². The van der Waals surface area contributed by atoms with Crippen LogP contribution in [0.5, 0.6) is 0 Å². The van der Waals surface area contributed by atoms with Gasteiger partial charge in [0.05, 0.1) is 5.69 Å². The summed E-state index contributed by atoms with van der Waals surface area (Å²) in [6, 6.07) is 10.5. The van der Waals surface area contributed by atoms with Crippen LogP contribution in [0.3, 0.4) is 0 Å². The van der Waals surface area contributed by atoms with Crippen molar-refractivity contribution in [2.24, 2.45) is 0 Å². The van der Waals surface area contributed by atoms with E-state index in [0.717, 1.165) is 11.6 Å². The summed E-state index contributed by atoms with van der Waals surface area (Å²) < 4.78 is 40.3. The quantitative estimate of drug-likeness (QED) is 0.846. The molecule has 2 aromatic carbocycles. The summed E-state index contributed by atoms with van der Waals surface area (Å²) in [5.74, 6) is -2.21. The van der Waals surface area contributed by atoms with Gasteiger partial charge in [-0.2, -0.15) is 5.26 Å². The van der Waals surface area contributed by atoms with Crippen LogP contribution in [0.25, 0.3) is 0 Å². The van der Waals surface area contributed by atoms with E-state index in [-0.39, 0.29) is 11.6 Å². The molecule has 130 valence electrons. The predicted molar refractivity (Wildman–Crippen MR) is 89.7 cm³/mol. The van der Waals surface area contributed by atoms with E-state index in [0.29, 0.717) is 31.9 Å². The van der Waals surface area contributed by atoms with Gasteiger partial charge < -0.3 is 4.90 Å². The van der Waals surface area contributed by atoms with Gasteiger partial charge in [-0.25, -0.2) is 13.2 Å². The second kappa shape index (κ2) is 7.16. The Hall–Kier alpha value is -2.52. The van der Waals surface area contributed by atoms with E-state index in [2.05, 4.69) is 4.90 Å². The maximum atomic E-state index is 13.8. The number of halogens is 3. The van der Waals surface area contributed by atoms with Gasteiger partial charge in [-0.1, -0.05) is 12.1 Å². The van der Waals surface area contributed by atoms with Gasteiger partial charge in [0, 0.05) is 32.2 Å². The molecule has 1 atom stereocenters. The molecule has 0 amide bonds. The maximum Gasteiger partial charge on any atom is 0.159 e. The van der Waals surface area contributed by atoms with Crippen molar-refractivity contribution in [2.45, 2.75) is 13.0 Å². The normalized spacial score (nSPS) is 16.5. The second-order valence-electron chi connectivity index (χ2n) is 6.12. The summed E-state index contributed by atoms with van der Waals surface area (Å²) in [6.45, 7) is 4.58. The molecular weight excluding hydrogens is 327 g/mol. The Balaban J connectivity index is 1.71. The summed E-state index contributed by atoms with van der Waals surface area (Å²) >= 11 is 0. The minimum atomic E-state index is -0.851. The second-order valence-corrected chi connectivity index (χ2v) is 6.12. The molecule has 1 aliphatic heterocycles. The standard InChI is InChI=1S/C19H18F3N3/c1-13(14-5-6-17(21)18(22)11-14)24-7-9-25(10-8-24)19-4-2-3-16(20)15(19)12-23/h2-6,11,13H,7-10H2,1H3. The monoisotopic (exact) mass is 345 g/mol. The first-order chi connectivity index (χ1) is 12.0. The zero-order valence-corrected chi connectivity index (χ0v) is 13.8. The van der Waals surface area contributed by atoms with Crippen LogP contribution in [0.15, 0.2) is 36.4 Å². The van der Waals surface area contributed by atoms with Crippen LogP contribution in [0, 0.1) is 28.8 Å². The smallest absolute Gasteiger partial charge is 0.159 e. The lowest BCUT2D eigenvalue weighted by molar-refractivity contribution is 0.198. The highest BCUT2D eigenvalue weighted by atomic mass is 19.2. The number of piperazine rings is 1. The number of nitrogens with zero attached hydrogens (tertiary/aromatic N) is 3. The molecule has 1 saturated heterocycles. The Bertz CT molecular complexity index is 808. The lowest BCUT2D eigenvalue weighted by atomic mass is 10.1. The molecular formula is C19H18F3N3. The lowest BCUT2D eigenvalue weighted by Gasteiger charge is -2.39. The lowest BCUT2D eigenvalue weighted by Crippen LogP contribution is -2.47. The van der Waals surface area contributed by atoms with E-state index < -0.39 is 17.5 Å². The SMILES string of the molecule is CC(c1ccc(F)c(F)c1)N1CCN(c2cccc(F)c2C#N)CC1. The number of hydrogen-bond donors (Lipinski definition) is 0. The molecule has 1 aliphatic rings. The van der Waals surface area contributed by atoms with E-state index in [9.17, 15) is 18.4 Å². The molecule has 1 heterocycles. The highest BCUT2D eigenvalue weighted by Gasteiger charge is 2.24. The van der Waals surface area contributed by atoms with Gasteiger partial charge in [0.25, 0.3) is 0 Å². The zero-order chi connectivity index (χ0) is 18.0. The Morgan fingerprint density at radius 3 is 2.32 bits per heavy atom. The van der Waals surface area contributed by atoms with Crippen molar-refractivity contribution in [3.05, 3.63) is 65.0 Å². The van der Waals surface area contributed by atoms with Crippen molar-refractivity contribution < 1.29 is 13.2 Å². The van der Waals surface area contributed by atoms with Crippen LogP contribution in [-0.2, 0) is 0 Å². The van der Waals surface area contributed by atoms with Crippen molar-refractivity contribution in [3.8, 4) is 6.07 Å². The van der Waals surface area contributed by atoms with Crippen molar-refractivity contribution in [2.75, 3.05) is 31.1 Å². The van der Waals surface area contributed by atoms with Crippen molar-refractivity contribution >= 4 is 5.69 Å². The van der Waals surface area contributed by atoms with E-state index in [4.69, 9.17) is 0 Å². The van der Waals surface area contributed by atoms with Gasteiger partial charge in [-0.05, 0) is 36.8 Å². The first-order valence-electron chi connectivity index (χ1n) is 8.14. The van der Waals surface area contributed by atoms with E-state index in [1.165, 1.54) is 12.1 Å². The number of anilines is 1. The first kappa shape index (κ1) is 17.3. The minimum Gasteiger partial charge on any atom is -0.368 e. The molecule has 0 saturated carbocycles. The molecule has 0 N–H and O–H groups in total. The van der Waals surface area contributed by atoms with Crippen LogP contribution in [0.2, 0.25) is 0 Å². The molecule has 1 unspecified atom stereocenters. The number of nitriles is 1. The van der Waals surface area contributed by atoms with Crippen LogP contribution in [0.4, 0.5) is 18.9 Å². The van der Waals surface area contributed by atoms with Crippen LogP contribution < -0.4 is 4.90 Å². The molecule has 3 rings (SSSR count). The predicted octanol–water partition coefficient (Wildman–Crippen LogP) is 3.86. The molecule has 0 bridgehead atoms. The van der Waals surface area contributed by atoms with E-state index in [1.807, 2.05) is 17.9 Å².